The van der Waals surface area contributed by atoms with Crippen LogP contribution in [0.3, 0.4) is 0 Å². The van der Waals surface area contributed by atoms with Crippen LogP contribution in [0.25, 0.3) is 0 Å². The van der Waals surface area contributed by atoms with Gasteiger partial charge in [0.15, 0.2) is 0 Å². The third-order valence-electron chi connectivity index (χ3n) is 2.10. The molecule has 0 aliphatic heterocycles. The maximum Gasteiger partial charge on any atom is 0.225 e. The molecule has 0 aliphatic carbocycles. The van der Waals surface area contributed by atoms with E-state index in [-0.39, 0.29) is 5.12 Å². The van der Waals surface area contributed by atoms with Crippen molar-refractivity contribution in [1.82, 2.24) is 0 Å². The summed E-state index contributed by atoms with van der Waals surface area (Å²) >= 11 is 12.9. The molecule has 1 nitrogen and oxygen atoms in total. The van der Waals surface area contributed by atoms with Crippen molar-refractivity contribution in [2.24, 2.45) is 0 Å². The smallest absolute Gasteiger partial charge is 0.225 e. The highest BCUT2D eigenvalue weighted by Crippen LogP contribution is 2.28. The van der Waals surface area contributed by atoms with Gasteiger partial charge in [0.05, 0.1) is 5.02 Å². The molecule has 0 aliphatic rings. The summed E-state index contributed by atoms with van der Waals surface area (Å²) < 4.78 is 0. The minimum atomic E-state index is -0.0853. The molecule has 0 spiro atoms. The first kappa shape index (κ1) is 12.5. The molecule has 0 saturated heterocycles. The summed E-state index contributed by atoms with van der Waals surface area (Å²) in [6, 6.07) is 14.3. The average Bonchev–Trinajstić information content (AvgIpc) is 2.30. The van der Waals surface area contributed by atoms with Crippen LogP contribution in [-0.2, 0) is 0 Å². The third kappa shape index (κ3) is 3.25. The molecule has 0 bridgehead atoms. The van der Waals surface area contributed by atoms with Gasteiger partial charge < -0.3 is 0 Å². The summed E-state index contributed by atoms with van der Waals surface area (Å²) in [7, 11) is 0. The van der Waals surface area contributed by atoms with Crippen LogP contribution in [0, 0.1) is 0 Å². The summed E-state index contributed by atoms with van der Waals surface area (Å²) in [5.74, 6) is 0. The van der Waals surface area contributed by atoms with E-state index in [1.54, 1.807) is 18.2 Å². The quantitative estimate of drug-likeness (QED) is 0.727. The molecule has 2 rings (SSSR count). The Morgan fingerprint density at radius 2 is 1.71 bits per heavy atom. The monoisotopic (exact) mass is 282 g/mol. The number of halogens is 2. The molecule has 2 aromatic carbocycles. The van der Waals surface area contributed by atoms with E-state index in [0.29, 0.717) is 15.6 Å². The average molecular weight is 283 g/mol. The first-order valence-corrected chi connectivity index (χ1v) is 6.46. The largest absolute Gasteiger partial charge is 0.281 e. The van der Waals surface area contributed by atoms with Crippen molar-refractivity contribution in [3.05, 3.63) is 64.1 Å². The predicted octanol–water partition coefficient (Wildman–Crippen LogP) is 4.93. The molecular weight excluding hydrogens is 275 g/mol. The second-order valence-corrected chi connectivity index (χ2v) is 5.22. The van der Waals surface area contributed by atoms with Crippen molar-refractivity contribution in [1.29, 1.82) is 0 Å². The Morgan fingerprint density at radius 1 is 1.00 bits per heavy atom. The summed E-state index contributed by atoms with van der Waals surface area (Å²) in [5.41, 5.74) is 0.477. The van der Waals surface area contributed by atoms with Crippen LogP contribution in [0.4, 0.5) is 0 Å². The van der Waals surface area contributed by atoms with E-state index in [9.17, 15) is 4.79 Å². The molecule has 0 unspecified atom stereocenters. The fourth-order valence-electron chi connectivity index (χ4n) is 1.31. The van der Waals surface area contributed by atoms with Gasteiger partial charge in [-0.15, -0.1) is 0 Å². The van der Waals surface area contributed by atoms with Gasteiger partial charge in [0, 0.05) is 15.5 Å². The third-order valence-corrected chi connectivity index (χ3v) is 3.57. The number of thioether (sulfide) groups is 1. The summed E-state index contributed by atoms with van der Waals surface area (Å²) in [6.07, 6.45) is 0. The Morgan fingerprint density at radius 3 is 2.35 bits per heavy atom. The van der Waals surface area contributed by atoms with Crippen LogP contribution in [0.1, 0.15) is 10.4 Å². The molecule has 0 aromatic heterocycles. The van der Waals surface area contributed by atoms with Crippen LogP contribution in [0.2, 0.25) is 10.0 Å². The van der Waals surface area contributed by atoms with Gasteiger partial charge in [-0.1, -0.05) is 41.4 Å². The van der Waals surface area contributed by atoms with Gasteiger partial charge in [-0.05, 0) is 42.1 Å². The highest BCUT2D eigenvalue weighted by atomic mass is 35.5. The summed E-state index contributed by atoms with van der Waals surface area (Å²) in [5, 5.41) is 0.819. The second kappa shape index (κ2) is 5.58. The lowest BCUT2D eigenvalue weighted by Crippen LogP contribution is -1.94. The lowest BCUT2D eigenvalue weighted by atomic mass is 10.2. The van der Waals surface area contributed by atoms with Gasteiger partial charge in [-0.25, -0.2) is 0 Å². The Kier molecular flexibility index (Phi) is 4.11. The lowest BCUT2D eigenvalue weighted by molar-refractivity contribution is 0.108. The first-order valence-electron chi connectivity index (χ1n) is 4.89. The Bertz CT molecular complexity index is 540. The van der Waals surface area contributed by atoms with Crippen LogP contribution in [-0.4, -0.2) is 5.12 Å². The van der Waals surface area contributed by atoms with Gasteiger partial charge in [-0.3, -0.25) is 4.79 Å². The van der Waals surface area contributed by atoms with Gasteiger partial charge in [-0.2, -0.15) is 0 Å². The van der Waals surface area contributed by atoms with Gasteiger partial charge in [0.1, 0.15) is 0 Å². The Labute approximate surface area is 114 Å². The molecule has 0 heterocycles. The molecule has 17 heavy (non-hydrogen) atoms. The van der Waals surface area contributed by atoms with E-state index in [4.69, 9.17) is 23.2 Å². The summed E-state index contributed by atoms with van der Waals surface area (Å²) in [4.78, 5) is 12.9. The zero-order valence-corrected chi connectivity index (χ0v) is 11.0. The van der Waals surface area contributed by atoms with E-state index in [2.05, 4.69) is 0 Å². The zero-order chi connectivity index (χ0) is 12.3. The zero-order valence-electron chi connectivity index (χ0n) is 8.69. The molecule has 86 valence electrons. The van der Waals surface area contributed by atoms with Crippen LogP contribution < -0.4 is 0 Å². The maximum atomic E-state index is 12.0. The molecular formula is C13H8Cl2OS. The van der Waals surface area contributed by atoms with Crippen LogP contribution in [0.15, 0.2) is 53.4 Å². The SMILES string of the molecule is O=C(Sc1ccccc1)c1ccc(Cl)cc1Cl. The molecule has 0 fully saturated rings. The van der Waals surface area contributed by atoms with Gasteiger partial charge in [0.25, 0.3) is 0 Å². The van der Waals surface area contributed by atoms with Crippen LogP contribution in [0.5, 0.6) is 0 Å². The minimum absolute atomic E-state index is 0.0853. The highest BCUT2D eigenvalue weighted by molar-refractivity contribution is 8.14. The van der Waals surface area contributed by atoms with Crippen molar-refractivity contribution in [2.45, 2.75) is 4.90 Å². The Balaban J connectivity index is 2.21. The van der Waals surface area contributed by atoms with Gasteiger partial charge >= 0.3 is 0 Å². The first-order chi connectivity index (χ1) is 8.16. The number of hydrogen-bond acceptors (Lipinski definition) is 2. The molecule has 0 amide bonds. The minimum Gasteiger partial charge on any atom is -0.281 e. The molecule has 2 aromatic rings. The molecule has 0 radical (unpaired) electrons. The van der Waals surface area contributed by atoms with E-state index >= 15 is 0 Å². The van der Waals surface area contributed by atoms with Gasteiger partial charge in [0.2, 0.25) is 5.12 Å². The van der Waals surface area contributed by atoms with Crippen molar-refractivity contribution < 1.29 is 4.79 Å². The van der Waals surface area contributed by atoms with Crippen LogP contribution >= 0.6 is 35.0 Å². The number of benzene rings is 2. The standard InChI is InChI=1S/C13H8Cl2OS/c14-9-6-7-11(12(15)8-9)13(16)17-10-4-2-1-3-5-10/h1-8H. The second-order valence-electron chi connectivity index (χ2n) is 3.33. The number of hydrogen-bond donors (Lipinski definition) is 0. The number of carbonyl (C=O) groups is 1. The van der Waals surface area contributed by atoms with Crippen molar-refractivity contribution >= 4 is 40.1 Å². The van der Waals surface area contributed by atoms with Crippen molar-refractivity contribution in [3.8, 4) is 0 Å². The van der Waals surface area contributed by atoms with E-state index < -0.39 is 0 Å². The molecule has 0 N–H and O–H groups in total. The van der Waals surface area contributed by atoms with E-state index in [1.165, 1.54) is 0 Å². The normalized spacial score (nSPS) is 10.2. The summed E-state index contributed by atoms with van der Waals surface area (Å²) in [6.45, 7) is 0. The molecule has 0 atom stereocenters. The predicted molar refractivity (Wildman–Crippen MR) is 73.1 cm³/mol. The van der Waals surface area contributed by atoms with E-state index in [0.717, 1.165) is 16.7 Å². The van der Waals surface area contributed by atoms with Crippen molar-refractivity contribution in [3.63, 3.8) is 0 Å². The molecule has 4 heteroatoms. The number of rotatable bonds is 2. The van der Waals surface area contributed by atoms with Crippen molar-refractivity contribution in [2.75, 3.05) is 0 Å². The van der Waals surface area contributed by atoms with E-state index in [1.807, 2.05) is 30.3 Å². The lowest BCUT2D eigenvalue weighted by Gasteiger charge is -2.03. The number of carbonyl (C=O) groups excluding carboxylic acids is 1. The highest BCUT2D eigenvalue weighted by Gasteiger charge is 2.12. The topological polar surface area (TPSA) is 17.1 Å². The fraction of sp³-hybridized carbons (Fsp3) is 0. The maximum absolute atomic E-state index is 12.0. The fourth-order valence-corrected chi connectivity index (χ4v) is 2.65. The molecule has 0 saturated carbocycles. The Hall–Kier alpha value is -0.960.